The van der Waals surface area contributed by atoms with Crippen LogP contribution in [0, 0.1) is 0 Å². The van der Waals surface area contributed by atoms with Crippen LogP contribution in [0.2, 0.25) is 0 Å². The summed E-state index contributed by atoms with van der Waals surface area (Å²) in [6.45, 7) is 0. The largest absolute Gasteiger partial charge is 0.481 e. The Bertz CT molecular complexity index is 215. The number of carbonyl (C=O) groups excluding carboxylic acids is 2. The fourth-order valence-electron chi connectivity index (χ4n) is 0.542. The molecular formula is C6H10N2O5. The number of carboxylic acids is 1. The number of nitrogens with one attached hydrogen (secondary N) is 1. The Hall–Kier alpha value is -1.79. The Labute approximate surface area is 73.8 Å². The average molecular weight is 190 g/mol. The van der Waals surface area contributed by atoms with Gasteiger partial charge in [0.15, 0.2) is 0 Å². The smallest absolute Gasteiger partial charge is 0.345 e. The van der Waals surface area contributed by atoms with Gasteiger partial charge in [0, 0.05) is 12.8 Å². The van der Waals surface area contributed by atoms with Gasteiger partial charge in [0.25, 0.3) is 0 Å². The number of amides is 2. The molecule has 0 aliphatic heterocycles. The molecular weight excluding hydrogens is 180 g/mol. The van der Waals surface area contributed by atoms with Crippen LogP contribution in [0.3, 0.4) is 0 Å². The number of hydroxylamine groups is 1. The Balaban J connectivity index is 3.41. The van der Waals surface area contributed by atoms with E-state index >= 15 is 0 Å². The van der Waals surface area contributed by atoms with E-state index in [0.29, 0.717) is 0 Å². The van der Waals surface area contributed by atoms with Crippen LogP contribution in [-0.2, 0) is 14.4 Å². The van der Waals surface area contributed by atoms with Gasteiger partial charge in [-0.2, -0.15) is 5.48 Å². The van der Waals surface area contributed by atoms with Crippen molar-refractivity contribution in [3.8, 4) is 0 Å². The molecule has 2 amide bonds. The van der Waals surface area contributed by atoms with Gasteiger partial charge in [0.05, 0.1) is 0 Å². The Kier molecular flexibility index (Phi) is 5.01. The van der Waals surface area contributed by atoms with Crippen LogP contribution in [0.5, 0.6) is 0 Å². The van der Waals surface area contributed by atoms with E-state index in [2.05, 4.69) is 10.6 Å². The predicted molar refractivity (Wildman–Crippen MR) is 40.3 cm³/mol. The zero-order valence-electron chi connectivity index (χ0n) is 6.78. The van der Waals surface area contributed by atoms with E-state index in [0.717, 1.165) is 0 Å². The molecule has 7 heteroatoms. The summed E-state index contributed by atoms with van der Waals surface area (Å²) in [6.07, 6.45) is -0.0349. The molecule has 0 aliphatic carbocycles. The summed E-state index contributed by atoms with van der Waals surface area (Å²) in [5.74, 6) is -1.71. The van der Waals surface area contributed by atoms with Gasteiger partial charge in [0.2, 0.25) is 0 Å². The number of nitrogens with two attached hydrogens (primary N) is 1. The molecule has 0 unspecified atom stereocenters. The lowest BCUT2D eigenvalue weighted by Gasteiger charge is -2.01. The van der Waals surface area contributed by atoms with Crippen molar-refractivity contribution >= 4 is 18.0 Å². The van der Waals surface area contributed by atoms with Crippen molar-refractivity contribution in [1.29, 1.82) is 0 Å². The van der Waals surface area contributed by atoms with E-state index < -0.39 is 18.0 Å². The van der Waals surface area contributed by atoms with Gasteiger partial charge in [-0.3, -0.25) is 4.79 Å². The zero-order valence-corrected chi connectivity index (χ0v) is 6.78. The highest BCUT2D eigenvalue weighted by atomic mass is 16.7. The second-order valence-electron chi connectivity index (χ2n) is 2.19. The summed E-state index contributed by atoms with van der Waals surface area (Å²) in [5.41, 5.74) is 6.22. The summed E-state index contributed by atoms with van der Waals surface area (Å²) in [7, 11) is 0. The molecule has 0 atom stereocenters. The molecule has 0 spiro atoms. The standard InChI is InChI=1S/C6H10N2O5/c7-6(12)8-13-5(11)3-1-2-4(9)10/h1-3H2,(H,9,10)(H3,7,8,12). The highest BCUT2D eigenvalue weighted by Crippen LogP contribution is 1.96. The number of hydrogen-bond donors (Lipinski definition) is 3. The van der Waals surface area contributed by atoms with Gasteiger partial charge in [0.1, 0.15) is 0 Å². The third-order valence-corrected chi connectivity index (χ3v) is 1.04. The van der Waals surface area contributed by atoms with Crippen molar-refractivity contribution in [2.75, 3.05) is 0 Å². The highest BCUT2D eigenvalue weighted by molar-refractivity contribution is 5.75. The maximum absolute atomic E-state index is 10.6. The predicted octanol–water partition coefficient (Wildman–Crippen LogP) is -0.632. The lowest BCUT2D eigenvalue weighted by atomic mass is 10.2. The summed E-state index contributed by atoms with van der Waals surface area (Å²) in [5, 5.41) is 8.20. The minimum Gasteiger partial charge on any atom is -0.481 e. The molecule has 0 fully saturated rings. The topological polar surface area (TPSA) is 119 Å². The summed E-state index contributed by atoms with van der Waals surface area (Å²) in [6, 6.07) is -0.980. The molecule has 7 nitrogen and oxygen atoms in total. The first-order valence-corrected chi connectivity index (χ1v) is 3.49. The monoisotopic (exact) mass is 190 g/mol. The third kappa shape index (κ3) is 8.11. The van der Waals surface area contributed by atoms with Crippen LogP contribution >= 0.6 is 0 Å². The number of aliphatic carboxylic acids is 1. The van der Waals surface area contributed by atoms with E-state index in [4.69, 9.17) is 5.11 Å². The normalized spacial score (nSPS) is 8.92. The maximum atomic E-state index is 10.6. The number of urea groups is 1. The molecule has 0 saturated carbocycles. The second kappa shape index (κ2) is 5.81. The van der Waals surface area contributed by atoms with Gasteiger partial charge < -0.3 is 15.7 Å². The summed E-state index contributed by atoms with van der Waals surface area (Å²) < 4.78 is 0. The molecule has 74 valence electrons. The van der Waals surface area contributed by atoms with E-state index in [1.165, 1.54) is 0 Å². The van der Waals surface area contributed by atoms with E-state index in [-0.39, 0.29) is 19.3 Å². The van der Waals surface area contributed by atoms with Gasteiger partial charge >= 0.3 is 18.0 Å². The van der Waals surface area contributed by atoms with Crippen molar-refractivity contribution in [3.63, 3.8) is 0 Å². The number of carbonyl (C=O) groups is 3. The van der Waals surface area contributed by atoms with Crippen LogP contribution in [0.25, 0.3) is 0 Å². The SMILES string of the molecule is NC(=O)NOC(=O)CCCC(=O)O. The van der Waals surface area contributed by atoms with Crippen LogP contribution in [0.15, 0.2) is 0 Å². The van der Waals surface area contributed by atoms with Crippen molar-refractivity contribution in [3.05, 3.63) is 0 Å². The van der Waals surface area contributed by atoms with Gasteiger partial charge in [-0.05, 0) is 6.42 Å². The van der Waals surface area contributed by atoms with Crippen LogP contribution in [-0.4, -0.2) is 23.1 Å². The molecule has 4 N–H and O–H groups in total. The van der Waals surface area contributed by atoms with Gasteiger partial charge in [-0.25, -0.2) is 9.59 Å². The van der Waals surface area contributed by atoms with Crippen molar-refractivity contribution in [1.82, 2.24) is 5.48 Å². The number of hydrogen-bond acceptors (Lipinski definition) is 4. The second-order valence-corrected chi connectivity index (χ2v) is 2.19. The molecule has 0 aliphatic rings. The Morgan fingerprint density at radius 3 is 2.38 bits per heavy atom. The van der Waals surface area contributed by atoms with Gasteiger partial charge in [-0.15, -0.1) is 0 Å². The summed E-state index contributed by atoms with van der Waals surface area (Å²) in [4.78, 5) is 34.8. The fraction of sp³-hybridized carbons (Fsp3) is 0.500. The number of primary amides is 1. The average Bonchev–Trinajstić information content (AvgIpc) is 2.00. The third-order valence-electron chi connectivity index (χ3n) is 1.04. The first kappa shape index (κ1) is 11.2. The number of carboxylic acid groups (broad SMARTS) is 1. The van der Waals surface area contributed by atoms with Crippen LogP contribution in [0.4, 0.5) is 4.79 Å². The van der Waals surface area contributed by atoms with Gasteiger partial charge in [-0.1, -0.05) is 0 Å². The molecule has 0 aromatic heterocycles. The maximum Gasteiger partial charge on any atom is 0.345 e. The van der Waals surface area contributed by atoms with Crippen LogP contribution < -0.4 is 11.2 Å². The molecule has 0 aromatic carbocycles. The molecule has 0 heterocycles. The van der Waals surface area contributed by atoms with E-state index in [9.17, 15) is 14.4 Å². The lowest BCUT2D eigenvalue weighted by molar-refractivity contribution is -0.148. The minimum absolute atomic E-state index is 0.0768. The lowest BCUT2D eigenvalue weighted by Crippen LogP contribution is -2.31. The van der Waals surface area contributed by atoms with Crippen molar-refractivity contribution < 1.29 is 24.3 Å². The number of rotatable bonds is 4. The molecule has 0 rings (SSSR count). The zero-order chi connectivity index (χ0) is 10.3. The first-order chi connectivity index (χ1) is 6.02. The molecule has 0 saturated heterocycles. The first-order valence-electron chi connectivity index (χ1n) is 3.49. The van der Waals surface area contributed by atoms with Crippen molar-refractivity contribution in [2.45, 2.75) is 19.3 Å². The minimum atomic E-state index is -0.990. The van der Waals surface area contributed by atoms with Crippen LogP contribution in [0.1, 0.15) is 19.3 Å². The summed E-state index contributed by atoms with van der Waals surface area (Å²) >= 11 is 0. The highest BCUT2D eigenvalue weighted by Gasteiger charge is 2.05. The quantitative estimate of drug-likeness (QED) is 0.510. The fourth-order valence-corrected chi connectivity index (χ4v) is 0.542. The molecule has 0 radical (unpaired) electrons. The Morgan fingerprint density at radius 2 is 1.92 bits per heavy atom. The molecule has 0 bridgehead atoms. The van der Waals surface area contributed by atoms with Crippen molar-refractivity contribution in [2.24, 2.45) is 5.73 Å². The van der Waals surface area contributed by atoms with E-state index in [1.54, 1.807) is 5.48 Å². The van der Waals surface area contributed by atoms with E-state index in [1.807, 2.05) is 0 Å². The Morgan fingerprint density at radius 1 is 1.31 bits per heavy atom. The molecule has 13 heavy (non-hydrogen) atoms. The molecule has 0 aromatic rings.